The van der Waals surface area contributed by atoms with Gasteiger partial charge in [0.2, 0.25) is 11.8 Å². The molecule has 0 spiro atoms. The van der Waals surface area contributed by atoms with Gasteiger partial charge in [-0.15, -0.1) is 0 Å². The number of carbonyl (C=O) groups is 2. The number of halogens is 1. The smallest absolute Gasteiger partial charge is 0.264 e. The van der Waals surface area contributed by atoms with Crippen LogP contribution in [-0.4, -0.2) is 48.7 Å². The lowest BCUT2D eigenvalue weighted by molar-refractivity contribution is -0.128. The summed E-state index contributed by atoms with van der Waals surface area (Å²) in [7, 11) is -2.17. The molecule has 10 heteroatoms. The zero-order valence-electron chi connectivity index (χ0n) is 15.1. The van der Waals surface area contributed by atoms with E-state index in [1.165, 1.54) is 19.2 Å². The minimum absolute atomic E-state index is 0.00139. The molecule has 0 aromatic heterocycles. The summed E-state index contributed by atoms with van der Waals surface area (Å²) in [4.78, 5) is 23.3. The topological polar surface area (TPSA) is 133 Å². The average Bonchev–Trinajstić information content (AvgIpc) is 2.51. The highest BCUT2D eigenvalue weighted by atomic mass is 35.5. The number of amides is 2. The van der Waals surface area contributed by atoms with Crippen molar-refractivity contribution in [3.8, 4) is 5.75 Å². The van der Waals surface area contributed by atoms with Crippen LogP contribution in [0.3, 0.4) is 0 Å². The SMILES string of the molecule is CCCS(=O)(=O)O.CNC(=O)C(C)NC(=O)C(C)c1cc(O)cc(Cl)c1. The number of rotatable bonds is 6. The van der Waals surface area contributed by atoms with Crippen LogP contribution in [0.5, 0.6) is 5.75 Å². The number of phenolic OH excluding ortho intramolecular Hbond substituents is 1. The van der Waals surface area contributed by atoms with Gasteiger partial charge in [0, 0.05) is 12.1 Å². The number of nitrogens with one attached hydrogen (secondary N) is 2. The van der Waals surface area contributed by atoms with Crippen molar-refractivity contribution in [2.75, 3.05) is 12.8 Å². The highest BCUT2D eigenvalue weighted by molar-refractivity contribution is 7.85. The number of likely N-dealkylation sites (N-methyl/N-ethyl adjacent to an activating group) is 1. The minimum Gasteiger partial charge on any atom is -0.508 e. The van der Waals surface area contributed by atoms with Gasteiger partial charge in [0.05, 0.1) is 11.7 Å². The molecule has 1 aromatic carbocycles. The molecule has 1 rings (SSSR count). The van der Waals surface area contributed by atoms with E-state index in [2.05, 4.69) is 10.6 Å². The van der Waals surface area contributed by atoms with Gasteiger partial charge in [0.25, 0.3) is 10.1 Å². The molecular weight excluding hydrogens is 384 g/mol. The van der Waals surface area contributed by atoms with Crippen molar-refractivity contribution in [2.45, 2.75) is 39.2 Å². The maximum Gasteiger partial charge on any atom is 0.264 e. The van der Waals surface area contributed by atoms with Gasteiger partial charge in [0.15, 0.2) is 0 Å². The van der Waals surface area contributed by atoms with Gasteiger partial charge in [-0.2, -0.15) is 8.42 Å². The fourth-order valence-electron chi connectivity index (χ4n) is 1.88. The predicted octanol–water partition coefficient (Wildman–Crippen LogP) is 1.68. The van der Waals surface area contributed by atoms with E-state index in [-0.39, 0.29) is 23.3 Å². The van der Waals surface area contributed by atoms with E-state index in [4.69, 9.17) is 16.2 Å². The normalized spacial score (nSPS) is 13.0. The highest BCUT2D eigenvalue weighted by Gasteiger charge is 2.20. The molecule has 148 valence electrons. The van der Waals surface area contributed by atoms with Gasteiger partial charge in [-0.05, 0) is 44.0 Å². The summed E-state index contributed by atoms with van der Waals surface area (Å²) in [6.07, 6.45) is 0.471. The Bertz CT molecular complexity index is 703. The molecule has 1 aromatic rings. The molecule has 8 nitrogen and oxygen atoms in total. The van der Waals surface area contributed by atoms with Crippen molar-refractivity contribution < 1.29 is 27.7 Å². The summed E-state index contributed by atoms with van der Waals surface area (Å²) < 4.78 is 27.6. The third-order valence-corrected chi connectivity index (χ3v) is 4.40. The van der Waals surface area contributed by atoms with Crippen LogP contribution in [0.25, 0.3) is 0 Å². The summed E-state index contributed by atoms with van der Waals surface area (Å²) in [5.41, 5.74) is 0.589. The Hall–Kier alpha value is -1.84. The molecule has 0 heterocycles. The molecule has 0 fully saturated rings. The number of benzene rings is 1. The molecule has 0 aliphatic rings. The average molecular weight is 409 g/mol. The Labute approximate surface area is 158 Å². The van der Waals surface area contributed by atoms with Crippen molar-refractivity contribution in [2.24, 2.45) is 0 Å². The van der Waals surface area contributed by atoms with Crippen molar-refractivity contribution in [1.29, 1.82) is 0 Å². The van der Waals surface area contributed by atoms with E-state index in [1.807, 2.05) is 0 Å². The maximum atomic E-state index is 12.0. The lowest BCUT2D eigenvalue weighted by Gasteiger charge is -2.17. The fraction of sp³-hybridized carbons (Fsp3) is 0.500. The zero-order valence-corrected chi connectivity index (χ0v) is 16.7. The first-order valence-corrected chi connectivity index (χ1v) is 9.86. The van der Waals surface area contributed by atoms with Crippen molar-refractivity contribution in [3.05, 3.63) is 28.8 Å². The van der Waals surface area contributed by atoms with E-state index in [9.17, 15) is 23.1 Å². The Morgan fingerprint density at radius 1 is 1.19 bits per heavy atom. The van der Waals surface area contributed by atoms with Gasteiger partial charge in [-0.25, -0.2) is 0 Å². The molecule has 4 N–H and O–H groups in total. The van der Waals surface area contributed by atoms with Gasteiger partial charge in [0.1, 0.15) is 11.8 Å². The molecule has 2 amide bonds. The third kappa shape index (κ3) is 9.59. The van der Waals surface area contributed by atoms with Crippen LogP contribution in [0, 0.1) is 0 Å². The van der Waals surface area contributed by atoms with Crippen LogP contribution in [0.15, 0.2) is 18.2 Å². The Balaban J connectivity index is 0.000000758. The molecule has 0 saturated carbocycles. The van der Waals surface area contributed by atoms with Crippen LogP contribution < -0.4 is 10.6 Å². The summed E-state index contributed by atoms with van der Waals surface area (Å²) >= 11 is 5.82. The van der Waals surface area contributed by atoms with Crippen molar-refractivity contribution in [3.63, 3.8) is 0 Å². The van der Waals surface area contributed by atoms with E-state index < -0.39 is 22.1 Å². The number of hydrogen-bond acceptors (Lipinski definition) is 5. The molecular formula is C16H25ClN2O6S. The molecule has 26 heavy (non-hydrogen) atoms. The van der Waals surface area contributed by atoms with E-state index >= 15 is 0 Å². The fourth-order valence-corrected chi connectivity index (χ4v) is 2.63. The Kier molecular flexibility index (Phi) is 10.2. The first-order valence-electron chi connectivity index (χ1n) is 7.87. The van der Waals surface area contributed by atoms with Crippen LogP contribution in [0.1, 0.15) is 38.7 Å². The quantitative estimate of drug-likeness (QED) is 0.529. The number of aromatic hydroxyl groups is 1. The van der Waals surface area contributed by atoms with E-state index in [0.717, 1.165) is 0 Å². The summed E-state index contributed by atoms with van der Waals surface area (Å²) in [6.45, 7) is 4.96. The molecule has 2 unspecified atom stereocenters. The monoisotopic (exact) mass is 408 g/mol. The van der Waals surface area contributed by atoms with Gasteiger partial charge < -0.3 is 15.7 Å². The zero-order chi connectivity index (χ0) is 20.5. The third-order valence-electron chi connectivity index (χ3n) is 3.26. The second-order valence-electron chi connectivity index (χ2n) is 5.60. The second-order valence-corrected chi connectivity index (χ2v) is 7.60. The first-order chi connectivity index (χ1) is 11.9. The largest absolute Gasteiger partial charge is 0.508 e. The molecule has 0 aliphatic carbocycles. The predicted molar refractivity (Wildman–Crippen MR) is 99.9 cm³/mol. The van der Waals surface area contributed by atoms with E-state index in [0.29, 0.717) is 17.0 Å². The number of carbonyl (C=O) groups excluding carboxylic acids is 2. The number of hydrogen-bond donors (Lipinski definition) is 4. The minimum atomic E-state index is -3.67. The Morgan fingerprint density at radius 2 is 1.77 bits per heavy atom. The van der Waals surface area contributed by atoms with Gasteiger partial charge >= 0.3 is 0 Å². The van der Waals surface area contributed by atoms with Crippen LogP contribution in [0.2, 0.25) is 5.02 Å². The Morgan fingerprint density at radius 3 is 2.15 bits per heavy atom. The van der Waals surface area contributed by atoms with Crippen LogP contribution >= 0.6 is 11.6 Å². The summed E-state index contributed by atoms with van der Waals surface area (Å²) in [6, 6.07) is 3.85. The van der Waals surface area contributed by atoms with E-state index in [1.54, 1.807) is 26.8 Å². The van der Waals surface area contributed by atoms with Crippen LogP contribution in [0.4, 0.5) is 0 Å². The number of phenols is 1. The highest BCUT2D eigenvalue weighted by Crippen LogP contribution is 2.25. The first kappa shape index (κ1) is 24.2. The van der Waals surface area contributed by atoms with Crippen molar-refractivity contribution >= 4 is 33.5 Å². The maximum absolute atomic E-state index is 12.0. The van der Waals surface area contributed by atoms with Gasteiger partial charge in [-0.3, -0.25) is 14.1 Å². The second kappa shape index (κ2) is 11.0. The molecule has 0 saturated heterocycles. The molecule has 2 atom stereocenters. The van der Waals surface area contributed by atoms with Crippen LogP contribution in [-0.2, 0) is 19.7 Å². The summed E-state index contributed by atoms with van der Waals surface area (Å²) in [5, 5.41) is 14.9. The molecule has 0 aliphatic heterocycles. The molecule has 0 radical (unpaired) electrons. The lowest BCUT2D eigenvalue weighted by Crippen LogP contribution is -2.44. The summed E-state index contributed by atoms with van der Waals surface area (Å²) in [5.74, 6) is -1.22. The molecule has 0 bridgehead atoms. The standard InChI is InChI=1S/C13H17ClN2O3.C3H8O3S/c1-7(9-4-10(14)6-11(17)5-9)12(18)16-8(2)13(19)15-3;1-2-3-7(4,5)6/h4-8,17H,1-3H3,(H,15,19)(H,16,18);2-3H2,1H3,(H,4,5,6). The lowest BCUT2D eigenvalue weighted by atomic mass is 9.99. The van der Waals surface area contributed by atoms with Gasteiger partial charge in [-0.1, -0.05) is 18.5 Å². The van der Waals surface area contributed by atoms with Crippen molar-refractivity contribution in [1.82, 2.24) is 10.6 Å².